The zero-order chi connectivity index (χ0) is 19.1. The van der Waals surface area contributed by atoms with E-state index in [1.165, 1.54) is 16.9 Å². The van der Waals surface area contributed by atoms with Crippen molar-refractivity contribution in [2.24, 2.45) is 11.8 Å². The summed E-state index contributed by atoms with van der Waals surface area (Å²) < 4.78 is 5.29. The van der Waals surface area contributed by atoms with Gasteiger partial charge in [-0.1, -0.05) is 30.3 Å². The van der Waals surface area contributed by atoms with Crippen LogP contribution >= 0.6 is 11.3 Å². The second kappa shape index (κ2) is 9.62. The van der Waals surface area contributed by atoms with E-state index in [4.69, 9.17) is 4.74 Å². The van der Waals surface area contributed by atoms with E-state index in [0.29, 0.717) is 13.2 Å². The van der Waals surface area contributed by atoms with Crippen LogP contribution in [-0.4, -0.2) is 41.7 Å². The number of amides is 1. The fraction of sp³-hybridized carbons (Fsp3) is 0.450. The van der Waals surface area contributed by atoms with Gasteiger partial charge in [0.1, 0.15) is 0 Å². The van der Waals surface area contributed by atoms with Crippen molar-refractivity contribution in [3.05, 3.63) is 52.0 Å². The Kier molecular flexibility index (Phi) is 6.95. The topological polar surface area (TPSA) is 88.5 Å². The maximum Gasteiger partial charge on any atom is 0.308 e. The Morgan fingerprint density at radius 3 is 2.70 bits per heavy atom. The number of aromatic nitrogens is 1. The first-order valence-electron chi connectivity index (χ1n) is 9.16. The molecule has 6 nitrogen and oxygen atoms in total. The van der Waals surface area contributed by atoms with Crippen LogP contribution in [0.2, 0.25) is 0 Å². The molecule has 1 amide bonds. The largest absolute Gasteiger partial charge is 0.481 e. The van der Waals surface area contributed by atoms with E-state index in [1.807, 2.05) is 23.6 Å². The van der Waals surface area contributed by atoms with Gasteiger partial charge in [0, 0.05) is 31.6 Å². The molecule has 0 aliphatic carbocycles. The molecule has 1 aromatic carbocycles. The molecule has 2 N–H and O–H groups in total. The number of aliphatic carboxylic acids is 1. The first-order chi connectivity index (χ1) is 13.1. The van der Waals surface area contributed by atoms with E-state index < -0.39 is 11.9 Å². The molecule has 1 aromatic heterocycles. The fourth-order valence-electron chi connectivity index (χ4n) is 3.31. The fourth-order valence-corrected chi connectivity index (χ4v) is 4.13. The highest BCUT2D eigenvalue weighted by atomic mass is 32.1. The summed E-state index contributed by atoms with van der Waals surface area (Å²) in [6, 6.07) is 10.1. The Morgan fingerprint density at radius 1 is 1.26 bits per heavy atom. The third-order valence-corrected chi connectivity index (χ3v) is 5.71. The first kappa shape index (κ1) is 19.5. The standard InChI is InChI=1S/C20H24N2O4S/c23-18(21-12-17(20(24)25)15-6-8-26-9-7-15)11-16-13-27-19(22-16)10-14-4-2-1-3-5-14/h1-5,13,15,17H,6-12H2,(H,21,23)(H,24,25). The predicted molar refractivity (Wildman–Crippen MR) is 103 cm³/mol. The lowest BCUT2D eigenvalue weighted by Gasteiger charge is -2.27. The lowest BCUT2D eigenvalue weighted by molar-refractivity contribution is -0.144. The van der Waals surface area contributed by atoms with Crippen LogP contribution in [0.15, 0.2) is 35.7 Å². The summed E-state index contributed by atoms with van der Waals surface area (Å²) in [5.41, 5.74) is 1.91. The first-order valence-corrected chi connectivity index (χ1v) is 10.0. The van der Waals surface area contributed by atoms with Crippen LogP contribution in [0.3, 0.4) is 0 Å². The molecule has 1 unspecified atom stereocenters. The molecule has 7 heteroatoms. The normalized spacial score (nSPS) is 16.0. The van der Waals surface area contributed by atoms with Crippen molar-refractivity contribution in [2.75, 3.05) is 19.8 Å². The third-order valence-electron chi connectivity index (χ3n) is 4.81. The van der Waals surface area contributed by atoms with Gasteiger partial charge in [-0.2, -0.15) is 0 Å². The molecule has 3 rings (SSSR count). The maximum atomic E-state index is 12.2. The molecule has 1 fully saturated rings. The molecule has 27 heavy (non-hydrogen) atoms. The average Bonchev–Trinajstić information content (AvgIpc) is 3.10. The van der Waals surface area contributed by atoms with Gasteiger partial charge < -0.3 is 15.2 Å². The van der Waals surface area contributed by atoms with E-state index in [2.05, 4.69) is 22.4 Å². The van der Waals surface area contributed by atoms with Gasteiger partial charge in [0.2, 0.25) is 5.91 Å². The third kappa shape index (κ3) is 5.87. The lowest BCUT2D eigenvalue weighted by atomic mass is 9.86. The predicted octanol–water partition coefficient (Wildman–Crippen LogP) is 2.52. The van der Waals surface area contributed by atoms with Gasteiger partial charge in [0.15, 0.2) is 0 Å². The highest BCUT2D eigenvalue weighted by Crippen LogP contribution is 2.24. The number of benzene rings is 1. The molecule has 1 aliphatic heterocycles. The molecular formula is C20H24N2O4S. The van der Waals surface area contributed by atoms with Crippen LogP contribution in [0, 0.1) is 11.8 Å². The van der Waals surface area contributed by atoms with E-state index in [9.17, 15) is 14.7 Å². The minimum atomic E-state index is -0.860. The quantitative estimate of drug-likeness (QED) is 0.725. The molecule has 1 aliphatic rings. The summed E-state index contributed by atoms with van der Waals surface area (Å²) in [6.45, 7) is 1.33. The number of carbonyl (C=O) groups is 2. The van der Waals surface area contributed by atoms with Crippen molar-refractivity contribution in [1.82, 2.24) is 10.3 Å². The number of thiazole rings is 1. The molecule has 0 radical (unpaired) electrons. The molecule has 1 atom stereocenters. The lowest BCUT2D eigenvalue weighted by Crippen LogP contribution is -2.39. The summed E-state index contributed by atoms with van der Waals surface area (Å²) in [5, 5.41) is 15.1. The number of carboxylic acid groups (broad SMARTS) is 1. The van der Waals surface area contributed by atoms with Gasteiger partial charge in [-0.3, -0.25) is 9.59 Å². The highest BCUT2D eigenvalue weighted by molar-refractivity contribution is 7.09. The van der Waals surface area contributed by atoms with Crippen molar-refractivity contribution < 1.29 is 19.4 Å². The Morgan fingerprint density at radius 2 is 2.00 bits per heavy atom. The Balaban J connectivity index is 1.49. The Labute approximate surface area is 162 Å². The monoisotopic (exact) mass is 388 g/mol. The molecule has 2 heterocycles. The van der Waals surface area contributed by atoms with E-state index in [-0.39, 0.29) is 24.8 Å². The molecular weight excluding hydrogens is 364 g/mol. The van der Waals surface area contributed by atoms with Crippen molar-refractivity contribution in [2.45, 2.75) is 25.7 Å². The van der Waals surface area contributed by atoms with Crippen molar-refractivity contribution in [3.63, 3.8) is 0 Å². The van der Waals surface area contributed by atoms with Gasteiger partial charge in [-0.15, -0.1) is 11.3 Å². The van der Waals surface area contributed by atoms with Crippen LogP contribution < -0.4 is 5.32 Å². The van der Waals surface area contributed by atoms with Crippen LogP contribution in [0.4, 0.5) is 0 Å². The van der Waals surface area contributed by atoms with E-state index in [0.717, 1.165) is 30.0 Å². The van der Waals surface area contributed by atoms with Gasteiger partial charge in [-0.25, -0.2) is 4.98 Å². The van der Waals surface area contributed by atoms with Crippen molar-refractivity contribution in [3.8, 4) is 0 Å². The molecule has 0 bridgehead atoms. The minimum absolute atomic E-state index is 0.0493. The van der Waals surface area contributed by atoms with E-state index in [1.54, 1.807) is 0 Å². The number of rotatable bonds is 8. The van der Waals surface area contributed by atoms with Gasteiger partial charge in [0.05, 0.1) is 23.0 Å². The number of nitrogens with zero attached hydrogens (tertiary/aromatic N) is 1. The summed E-state index contributed by atoms with van der Waals surface area (Å²) in [5.74, 6) is -1.57. The second-order valence-electron chi connectivity index (χ2n) is 6.77. The van der Waals surface area contributed by atoms with Gasteiger partial charge in [0.25, 0.3) is 0 Å². The van der Waals surface area contributed by atoms with Crippen molar-refractivity contribution in [1.29, 1.82) is 0 Å². The second-order valence-corrected chi connectivity index (χ2v) is 7.71. The Hall–Kier alpha value is -2.25. The SMILES string of the molecule is O=C(Cc1csc(Cc2ccccc2)n1)NCC(C(=O)O)C1CCOCC1. The smallest absolute Gasteiger partial charge is 0.308 e. The number of hydrogen-bond donors (Lipinski definition) is 2. The average molecular weight is 388 g/mol. The molecule has 2 aromatic rings. The number of hydrogen-bond acceptors (Lipinski definition) is 5. The summed E-state index contributed by atoms with van der Waals surface area (Å²) in [7, 11) is 0. The molecule has 1 saturated heterocycles. The zero-order valence-corrected chi connectivity index (χ0v) is 15.9. The molecule has 144 valence electrons. The molecule has 0 spiro atoms. The summed E-state index contributed by atoms with van der Waals surface area (Å²) in [4.78, 5) is 28.3. The number of carbonyl (C=O) groups excluding carboxylic acids is 1. The summed E-state index contributed by atoms with van der Waals surface area (Å²) >= 11 is 1.54. The Bertz CT molecular complexity index is 756. The van der Waals surface area contributed by atoms with E-state index >= 15 is 0 Å². The number of nitrogens with one attached hydrogen (secondary N) is 1. The molecule has 0 saturated carbocycles. The number of ether oxygens (including phenoxy) is 1. The van der Waals surface area contributed by atoms with Crippen molar-refractivity contribution >= 4 is 23.2 Å². The summed E-state index contributed by atoms with van der Waals surface area (Å²) in [6.07, 6.45) is 2.37. The minimum Gasteiger partial charge on any atom is -0.481 e. The highest BCUT2D eigenvalue weighted by Gasteiger charge is 2.30. The van der Waals surface area contributed by atoms with Crippen LogP contribution in [0.5, 0.6) is 0 Å². The van der Waals surface area contributed by atoms with Crippen LogP contribution in [0.1, 0.15) is 29.1 Å². The maximum absolute atomic E-state index is 12.2. The van der Waals surface area contributed by atoms with Crippen LogP contribution in [0.25, 0.3) is 0 Å². The van der Waals surface area contributed by atoms with Crippen LogP contribution in [-0.2, 0) is 27.2 Å². The van der Waals surface area contributed by atoms with Gasteiger partial charge in [-0.05, 0) is 24.3 Å². The zero-order valence-electron chi connectivity index (χ0n) is 15.1. The van der Waals surface area contributed by atoms with Gasteiger partial charge >= 0.3 is 5.97 Å². The number of carboxylic acids is 1.